The Bertz CT molecular complexity index is 1280. The summed E-state index contributed by atoms with van der Waals surface area (Å²) in [6.45, 7) is 0.577. The van der Waals surface area contributed by atoms with Gasteiger partial charge < -0.3 is 10.1 Å². The van der Waals surface area contributed by atoms with Gasteiger partial charge in [0.05, 0.1) is 13.7 Å². The molecule has 0 atom stereocenters. The highest BCUT2D eigenvalue weighted by Gasteiger charge is 2.16. The zero-order valence-electron chi connectivity index (χ0n) is 16.8. The van der Waals surface area contributed by atoms with E-state index >= 15 is 0 Å². The molecule has 31 heavy (non-hydrogen) atoms. The second-order valence-electron chi connectivity index (χ2n) is 7.02. The van der Waals surface area contributed by atoms with E-state index in [1.54, 1.807) is 37.6 Å². The van der Waals surface area contributed by atoms with E-state index < -0.39 is 11.5 Å². The van der Waals surface area contributed by atoms with Gasteiger partial charge in [0, 0.05) is 23.2 Å². The van der Waals surface area contributed by atoms with Gasteiger partial charge >= 0.3 is 0 Å². The largest absolute Gasteiger partial charge is 0.497 e. The molecule has 4 rings (SSSR count). The van der Waals surface area contributed by atoms with Gasteiger partial charge in [-0.3, -0.25) is 14.2 Å². The lowest BCUT2D eigenvalue weighted by atomic mass is 10.1. The van der Waals surface area contributed by atoms with E-state index in [0.717, 1.165) is 16.9 Å². The first-order chi connectivity index (χ1) is 15.0. The Kier molecular flexibility index (Phi) is 6.00. The van der Waals surface area contributed by atoms with E-state index in [4.69, 9.17) is 16.3 Å². The number of rotatable bonds is 6. The first-order valence-electron chi connectivity index (χ1n) is 9.69. The molecule has 2 aromatic carbocycles. The number of carbonyl (C=O) groups excluding carboxylic acids is 1. The molecule has 0 aliphatic heterocycles. The van der Waals surface area contributed by atoms with Gasteiger partial charge in [-0.2, -0.15) is 0 Å². The fourth-order valence-corrected chi connectivity index (χ4v) is 3.44. The zero-order valence-corrected chi connectivity index (χ0v) is 17.6. The predicted octanol–water partition coefficient (Wildman–Crippen LogP) is 4.04. The summed E-state index contributed by atoms with van der Waals surface area (Å²) < 4.78 is 6.66. The van der Waals surface area contributed by atoms with Gasteiger partial charge in [-0.1, -0.05) is 35.9 Å². The number of carbonyl (C=O) groups is 1. The number of fused-ring (bicyclic) bond motifs is 1. The highest BCUT2D eigenvalue weighted by molar-refractivity contribution is 6.30. The number of nitrogens with zero attached hydrogens (tertiary/aromatic N) is 2. The Morgan fingerprint density at radius 3 is 2.48 bits per heavy atom. The van der Waals surface area contributed by atoms with Crippen molar-refractivity contribution in [2.45, 2.75) is 13.1 Å². The molecule has 0 saturated carbocycles. The van der Waals surface area contributed by atoms with Crippen LogP contribution in [-0.2, 0) is 13.1 Å². The summed E-state index contributed by atoms with van der Waals surface area (Å²) in [5.41, 5.74) is 1.98. The molecule has 0 aliphatic rings. The van der Waals surface area contributed by atoms with Gasteiger partial charge in [-0.05, 0) is 53.6 Å². The Labute approximate surface area is 184 Å². The Balaban J connectivity index is 1.65. The lowest BCUT2D eigenvalue weighted by Crippen LogP contribution is -2.33. The van der Waals surface area contributed by atoms with Crippen LogP contribution in [0.1, 0.15) is 21.5 Å². The highest BCUT2D eigenvalue weighted by Crippen LogP contribution is 2.15. The first kappa shape index (κ1) is 20.6. The van der Waals surface area contributed by atoms with Crippen LogP contribution in [0.25, 0.3) is 11.0 Å². The van der Waals surface area contributed by atoms with Crippen LogP contribution in [-0.4, -0.2) is 22.6 Å². The summed E-state index contributed by atoms with van der Waals surface area (Å²) in [6.07, 6.45) is 1.63. The van der Waals surface area contributed by atoms with Crippen molar-refractivity contribution in [2.75, 3.05) is 7.11 Å². The molecule has 2 heterocycles. The molecule has 156 valence electrons. The molecule has 7 heteroatoms. The summed E-state index contributed by atoms with van der Waals surface area (Å²) >= 11 is 5.97. The maximum Gasteiger partial charge on any atom is 0.265 e. The van der Waals surface area contributed by atoms with Crippen molar-refractivity contribution in [3.63, 3.8) is 0 Å². The number of pyridine rings is 2. The standard InChI is InChI=1S/C24H20ClN3O3/c1-31-20-10-6-16(7-11-20)14-27-23(29)21-13-18-3-2-12-26-22(18)28(24(21)30)15-17-4-8-19(25)9-5-17/h2-13H,14-15H2,1H3,(H,27,29). The molecule has 4 aromatic rings. The van der Waals surface area contributed by atoms with Crippen LogP contribution < -0.4 is 15.6 Å². The van der Waals surface area contributed by atoms with Gasteiger partial charge in [0.15, 0.2) is 0 Å². The van der Waals surface area contributed by atoms with Crippen LogP contribution in [0.15, 0.2) is 77.7 Å². The van der Waals surface area contributed by atoms with Crippen molar-refractivity contribution >= 4 is 28.5 Å². The topological polar surface area (TPSA) is 73.2 Å². The van der Waals surface area contributed by atoms with Crippen molar-refractivity contribution < 1.29 is 9.53 Å². The summed E-state index contributed by atoms with van der Waals surface area (Å²) in [5, 5.41) is 4.16. The quantitative estimate of drug-likeness (QED) is 0.498. The van der Waals surface area contributed by atoms with Crippen LogP contribution in [0.3, 0.4) is 0 Å². The van der Waals surface area contributed by atoms with Gasteiger partial charge in [-0.25, -0.2) is 4.98 Å². The maximum atomic E-state index is 13.2. The number of ether oxygens (including phenoxy) is 1. The second kappa shape index (κ2) is 9.02. The number of methoxy groups -OCH3 is 1. The summed E-state index contributed by atoms with van der Waals surface area (Å²) in [5.74, 6) is 0.304. The van der Waals surface area contributed by atoms with Crippen LogP contribution >= 0.6 is 11.6 Å². The molecule has 6 nitrogen and oxygen atoms in total. The molecule has 0 bridgehead atoms. The van der Waals surface area contributed by atoms with Gasteiger partial charge in [0.2, 0.25) is 0 Å². The molecule has 0 fully saturated rings. The van der Waals surface area contributed by atoms with Crippen LogP contribution in [0.5, 0.6) is 5.75 Å². The molecular formula is C24H20ClN3O3. The normalized spacial score (nSPS) is 10.8. The number of benzene rings is 2. The molecular weight excluding hydrogens is 414 g/mol. The number of aromatic nitrogens is 2. The third kappa shape index (κ3) is 4.59. The molecule has 0 saturated heterocycles. The van der Waals surface area contributed by atoms with Gasteiger partial charge in [-0.15, -0.1) is 0 Å². The van der Waals surface area contributed by atoms with Gasteiger partial charge in [0.25, 0.3) is 11.5 Å². The van der Waals surface area contributed by atoms with Crippen molar-refractivity contribution in [3.05, 3.63) is 105 Å². The fraction of sp³-hybridized carbons (Fsp3) is 0.125. The fourth-order valence-electron chi connectivity index (χ4n) is 3.31. The molecule has 0 spiro atoms. The number of halogens is 1. The average molecular weight is 434 g/mol. The lowest BCUT2D eigenvalue weighted by Gasteiger charge is -2.13. The van der Waals surface area contributed by atoms with Crippen LogP contribution in [0, 0.1) is 0 Å². The molecule has 0 radical (unpaired) electrons. The molecule has 0 unspecified atom stereocenters. The Morgan fingerprint density at radius 2 is 1.77 bits per heavy atom. The van der Waals surface area contributed by atoms with Crippen LogP contribution in [0.4, 0.5) is 0 Å². The summed E-state index contributed by atoms with van der Waals surface area (Å²) in [7, 11) is 1.60. The number of nitrogens with one attached hydrogen (secondary N) is 1. The monoisotopic (exact) mass is 433 g/mol. The van der Waals surface area contributed by atoms with E-state index in [1.807, 2.05) is 42.5 Å². The maximum absolute atomic E-state index is 13.2. The SMILES string of the molecule is COc1ccc(CNC(=O)c2cc3cccnc3n(Cc3ccc(Cl)cc3)c2=O)cc1. The minimum atomic E-state index is -0.434. The third-order valence-corrected chi connectivity index (χ3v) is 5.21. The van der Waals surface area contributed by atoms with E-state index in [1.165, 1.54) is 4.57 Å². The van der Waals surface area contributed by atoms with Crippen molar-refractivity contribution in [1.82, 2.24) is 14.9 Å². The summed E-state index contributed by atoms with van der Waals surface area (Å²) in [4.78, 5) is 30.4. The van der Waals surface area contributed by atoms with Crippen LogP contribution in [0.2, 0.25) is 5.02 Å². The number of amides is 1. The highest BCUT2D eigenvalue weighted by atomic mass is 35.5. The molecule has 1 N–H and O–H groups in total. The van der Waals surface area contributed by atoms with E-state index in [-0.39, 0.29) is 12.1 Å². The number of hydrogen-bond acceptors (Lipinski definition) is 4. The summed E-state index contributed by atoms with van der Waals surface area (Å²) in [6, 6.07) is 19.8. The van der Waals surface area contributed by atoms with Crippen molar-refractivity contribution in [2.24, 2.45) is 0 Å². The van der Waals surface area contributed by atoms with E-state index in [0.29, 0.717) is 22.6 Å². The first-order valence-corrected chi connectivity index (χ1v) is 10.1. The van der Waals surface area contributed by atoms with Crippen molar-refractivity contribution in [1.29, 1.82) is 0 Å². The minimum Gasteiger partial charge on any atom is -0.497 e. The Hall–Kier alpha value is -3.64. The molecule has 2 aromatic heterocycles. The predicted molar refractivity (Wildman–Crippen MR) is 121 cm³/mol. The minimum absolute atomic E-state index is 0.0722. The molecule has 0 aliphatic carbocycles. The second-order valence-corrected chi connectivity index (χ2v) is 7.46. The van der Waals surface area contributed by atoms with Crippen molar-refractivity contribution in [3.8, 4) is 5.75 Å². The number of hydrogen-bond donors (Lipinski definition) is 1. The Morgan fingerprint density at radius 1 is 1.06 bits per heavy atom. The molecule has 1 amide bonds. The third-order valence-electron chi connectivity index (χ3n) is 4.96. The zero-order chi connectivity index (χ0) is 21.8. The van der Waals surface area contributed by atoms with E-state index in [9.17, 15) is 9.59 Å². The average Bonchev–Trinajstić information content (AvgIpc) is 2.80. The lowest BCUT2D eigenvalue weighted by molar-refractivity contribution is 0.0949. The van der Waals surface area contributed by atoms with E-state index in [2.05, 4.69) is 10.3 Å². The van der Waals surface area contributed by atoms with Gasteiger partial charge in [0.1, 0.15) is 17.0 Å². The smallest absolute Gasteiger partial charge is 0.265 e.